The molecule has 0 saturated heterocycles. The highest BCUT2D eigenvalue weighted by Gasteiger charge is 2.20. The van der Waals surface area contributed by atoms with Crippen LogP contribution >= 0.6 is 11.6 Å². The van der Waals surface area contributed by atoms with Crippen LogP contribution in [-0.4, -0.2) is 12.8 Å². The second kappa shape index (κ2) is 5.55. The molecule has 4 heteroatoms. The van der Waals surface area contributed by atoms with Crippen LogP contribution in [0.1, 0.15) is 23.6 Å². The van der Waals surface area contributed by atoms with Crippen LogP contribution in [0.3, 0.4) is 0 Å². The Kier molecular flexibility index (Phi) is 3.61. The van der Waals surface area contributed by atoms with Gasteiger partial charge in [-0.25, -0.2) is 0 Å². The van der Waals surface area contributed by atoms with E-state index in [-0.39, 0.29) is 6.04 Å². The predicted molar refractivity (Wildman–Crippen MR) is 81.5 cm³/mol. The topological polar surface area (TPSA) is 33.6 Å². The SMILES string of the molecule is COc1ccc(C2=NN[C@@H](c3ccc(Cl)cc3)C2)cc1. The van der Waals surface area contributed by atoms with Gasteiger partial charge in [0.05, 0.1) is 18.9 Å². The molecule has 0 saturated carbocycles. The van der Waals surface area contributed by atoms with Crippen molar-refractivity contribution in [2.24, 2.45) is 5.10 Å². The molecule has 20 heavy (non-hydrogen) atoms. The van der Waals surface area contributed by atoms with E-state index in [1.54, 1.807) is 7.11 Å². The molecule has 0 aromatic heterocycles. The molecular formula is C16H15ClN2O. The largest absolute Gasteiger partial charge is 0.497 e. The van der Waals surface area contributed by atoms with E-state index in [4.69, 9.17) is 16.3 Å². The Morgan fingerprint density at radius 2 is 1.80 bits per heavy atom. The van der Waals surface area contributed by atoms with Crippen LogP contribution in [0.25, 0.3) is 0 Å². The highest BCUT2D eigenvalue weighted by Crippen LogP contribution is 2.26. The van der Waals surface area contributed by atoms with Gasteiger partial charge in [0.1, 0.15) is 5.75 Å². The number of hydrazone groups is 1. The van der Waals surface area contributed by atoms with Crippen molar-refractivity contribution in [3.8, 4) is 5.75 Å². The summed E-state index contributed by atoms with van der Waals surface area (Å²) in [6, 6.07) is 16.1. The quantitative estimate of drug-likeness (QED) is 0.931. The number of ether oxygens (including phenoxy) is 1. The molecule has 0 aliphatic carbocycles. The lowest BCUT2D eigenvalue weighted by molar-refractivity contribution is 0.415. The Balaban J connectivity index is 1.73. The third-order valence-corrected chi connectivity index (χ3v) is 3.70. The fraction of sp³-hybridized carbons (Fsp3) is 0.188. The normalized spacial score (nSPS) is 17.5. The average molecular weight is 287 g/mol. The summed E-state index contributed by atoms with van der Waals surface area (Å²) >= 11 is 5.91. The molecule has 1 heterocycles. The first-order chi connectivity index (χ1) is 9.76. The summed E-state index contributed by atoms with van der Waals surface area (Å²) in [6.07, 6.45) is 0.869. The second-order valence-corrected chi connectivity index (χ2v) is 5.16. The molecule has 0 bridgehead atoms. The van der Waals surface area contributed by atoms with Gasteiger partial charge in [0, 0.05) is 11.4 Å². The third kappa shape index (κ3) is 2.63. The maximum absolute atomic E-state index is 5.91. The van der Waals surface area contributed by atoms with Crippen LogP contribution in [0.5, 0.6) is 5.75 Å². The summed E-state index contributed by atoms with van der Waals surface area (Å²) in [6.45, 7) is 0. The zero-order valence-electron chi connectivity index (χ0n) is 11.1. The molecule has 3 nitrogen and oxygen atoms in total. The molecule has 1 atom stereocenters. The van der Waals surface area contributed by atoms with Crippen LogP contribution in [0, 0.1) is 0 Å². The van der Waals surface area contributed by atoms with Gasteiger partial charge in [0.2, 0.25) is 0 Å². The van der Waals surface area contributed by atoms with Gasteiger partial charge in [0.25, 0.3) is 0 Å². The Morgan fingerprint density at radius 3 is 2.45 bits per heavy atom. The minimum atomic E-state index is 0.212. The van der Waals surface area contributed by atoms with Crippen molar-refractivity contribution in [2.75, 3.05) is 7.11 Å². The Labute approximate surface area is 123 Å². The predicted octanol–water partition coefficient (Wildman–Crippen LogP) is 3.79. The van der Waals surface area contributed by atoms with Crippen LogP contribution in [-0.2, 0) is 0 Å². The molecule has 1 N–H and O–H groups in total. The highest BCUT2D eigenvalue weighted by atomic mass is 35.5. The molecule has 3 rings (SSSR count). The molecule has 0 amide bonds. The van der Waals surface area contributed by atoms with E-state index < -0.39 is 0 Å². The molecule has 102 valence electrons. The number of benzene rings is 2. The minimum Gasteiger partial charge on any atom is -0.497 e. The van der Waals surface area contributed by atoms with Crippen LogP contribution in [0.15, 0.2) is 53.6 Å². The van der Waals surface area contributed by atoms with E-state index in [0.29, 0.717) is 0 Å². The van der Waals surface area contributed by atoms with Crippen molar-refractivity contribution in [2.45, 2.75) is 12.5 Å². The number of hydrogen-bond acceptors (Lipinski definition) is 3. The summed E-state index contributed by atoms with van der Waals surface area (Å²) in [4.78, 5) is 0. The molecule has 0 fully saturated rings. The van der Waals surface area contributed by atoms with Crippen molar-refractivity contribution in [3.05, 3.63) is 64.7 Å². The standard InChI is InChI=1S/C16H15ClN2O/c1-20-14-8-4-12(5-9-14)16-10-15(18-19-16)11-2-6-13(17)7-3-11/h2-9,15,18H,10H2,1H3/t15-/m1/s1. The van der Waals surface area contributed by atoms with Crippen molar-refractivity contribution in [1.82, 2.24) is 5.43 Å². The van der Waals surface area contributed by atoms with Crippen molar-refractivity contribution in [1.29, 1.82) is 0 Å². The summed E-state index contributed by atoms with van der Waals surface area (Å²) in [5.41, 5.74) is 6.56. The smallest absolute Gasteiger partial charge is 0.118 e. The lowest BCUT2D eigenvalue weighted by Crippen LogP contribution is -2.09. The first-order valence-electron chi connectivity index (χ1n) is 6.48. The second-order valence-electron chi connectivity index (χ2n) is 4.72. The van der Waals surface area contributed by atoms with Gasteiger partial charge in [-0.1, -0.05) is 23.7 Å². The van der Waals surface area contributed by atoms with Gasteiger partial charge in [-0.05, 0) is 47.5 Å². The zero-order chi connectivity index (χ0) is 13.9. The summed E-state index contributed by atoms with van der Waals surface area (Å²) in [5.74, 6) is 0.856. The van der Waals surface area contributed by atoms with Gasteiger partial charge in [0.15, 0.2) is 0 Å². The number of nitrogens with one attached hydrogen (secondary N) is 1. The van der Waals surface area contributed by atoms with E-state index in [0.717, 1.165) is 28.5 Å². The summed E-state index contributed by atoms with van der Waals surface area (Å²) in [7, 11) is 1.67. The average Bonchev–Trinajstić information content (AvgIpc) is 2.98. The first kappa shape index (κ1) is 13.0. The van der Waals surface area contributed by atoms with Crippen molar-refractivity contribution in [3.63, 3.8) is 0 Å². The lowest BCUT2D eigenvalue weighted by atomic mass is 9.99. The monoisotopic (exact) mass is 286 g/mol. The van der Waals surface area contributed by atoms with Crippen LogP contribution < -0.4 is 10.2 Å². The maximum atomic E-state index is 5.91. The number of rotatable bonds is 3. The van der Waals surface area contributed by atoms with Gasteiger partial charge in [-0.15, -0.1) is 0 Å². The highest BCUT2D eigenvalue weighted by molar-refractivity contribution is 6.30. The molecule has 0 radical (unpaired) electrons. The van der Waals surface area contributed by atoms with Crippen molar-refractivity contribution >= 4 is 17.3 Å². The lowest BCUT2D eigenvalue weighted by Gasteiger charge is -2.10. The molecule has 0 unspecified atom stereocenters. The third-order valence-electron chi connectivity index (χ3n) is 3.45. The van der Waals surface area contributed by atoms with Crippen LogP contribution in [0.2, 0.25) is 5.02 Å². The van der Waals surface area contributed by atoms with Gasteiger partial charge in [-0.3, -0.25) is 0 Å². The Hall–Kier alpha value is -2.00. The first-order valence-corrected chi connectivity index (χ1v) is 6.86. The maximum Gasteiger partial charge on any atom is 0.118 e. The molecule has 1 aliphatic heterocycles. The van der Waals surface area contributed by atoms with Gasteiger partial charge >= 0.3 is 0 Å². The van der Waals surface area contributed by atoms with E-state index >= 15 is 0 Å². The van der Waals surface area contributed by atoms with E-state index in [2.05, 4.69) is 10.5 Å². The number of methoxy groups -OCH3 is 1. The van der Waals surface area contributed by atoms with Gasteiger partial charge < -0.3 is 10.2 Å². The molecule has 2 aromatic carbocycles. The van der Waals surface area contributed by atoms with Gasteiger partial charge in [-0.2, -0.15) is 5.10 Å². The minimum absolute atomic E-state index is 0.212. The fourth-order valence-corrected chi connectivity index (χ4v) is 2.42. The Bertz CT molecular complexity index is 620. The molecule has 0 spiro atoms. The van der Waals surface area contributed by atoms with E-state index in [1.165, 1.54) is 5.56 Å². The fourth-order valence-electron chi connectivity index (χ4n) is 2.29. The number of hydrogen-bond donors (Lipinski definition) is 1. The zero-order valence-corrected chi connectivity index (χ0v) is 11.9. The molecule has 2 aromatic rings. The van der Waals surface area contributed by atoms with E-state index in [9.17, 15) is 0 Å². The molecule has 1 aliphatic rings. The van der Waals surface area contributed by atoms with Crippen molar-refractivity contribution < 1.29 is 4.74 Å². The number of halogens is 1. The number of nitrogens with zero attached hydrogens (tertiary/aromatic N) is 1. The summed E-state index contributed by atoms with van der Waals surface area (Å²) < 4.78 is 5.17. The summed E-state index contributed by atoms with van der Waals surface area (Å²) in [5, 5.41) is 5.19. The Morgan fingerprint density at radius 1 is 1.10 bits per heavy atom. The molecular weight excluding hydrogens is 272 g/mol. The van der Waals surface area contributed by atoms with E-state index in [1.807, 2.05) is 48.5 Å². The van der Waals surface area contributed by atoms with Crippen LogP contribution in [0.4, 0.5) is 0 Å².